The molecule has 1 rings (SSSR count). The van der Waals surface area contributed by atoms with Crippen LogP contribution < -0.4 is 5.56 Å². The van der Waals surface area contributed by atoms with E-state index in [1.165, 1.54) is 0 Å². The van der Waals surface area contributed by atoms with Crippen LogP contribution in [0.25, 0.3) is 0 Å². The molecule has 0 amide bonds. The Morgan fingerprint density at radius 3 is 2.26 bits per heavy atom. The number of hydrogen-bond acceptors (Lipinski definition) is 4. The Hall–Kier alpha value is -2.64. The molecule has 8 nitrogen and oxygen atoms in total. The molecule has 0 spiro atoms. The number of rotatable bonds is 6. The highest BCUT2D eigenvalue weighted by Gasteiger charge is 2.22. The lowest BCUT2D eigenvalue weighted by molar-refractivity contribution is -0.142. The van der Waals surface area contributed by atoms with Crippen LogP contribution in [0.2, 0.25) is 0 Å². The number of aromatic nitrogens is 1. The van der Waals surface area contributed by atoms with E-state index < -0.39 is 35.9 Å². The minimum absolute atomic E-state index is 0.249. The van der Waals surface area contributed by atoms with Crippen LogP contribution in [0, 0.1) is 0 Å². The summed E-state index contributed by atoms with van der Waals surface area (Å²) in [6, 6.07) is 0.570. The van der Waals surface area contributed by atoms with Gasteiger partial charge in [0, 0.05) is 18.7 Å². The Labute approximate surface area is 106 Å². The van der Waals surface area contributed by atoms with Crippen LogP contribution in [0.15, 0.2) is 23.1 Å². The maximum absolute atomic E-state index is 11.5. The molecule has 8 heteroatoms. The van der Waals surface area contributed by atoms with Crippen molar-refractivity contribution < 1.29 is 29.7 Å². The van der Waals surface area contributed by atoms with Gasteiger partial charge in [0.15, 0.2) is 0 Å². The molecule has 3 N–H and O–H groups in total. The third-order valence-corrected chi connectivity index (χ3v) is 2.44. The quantitative estimate of drug-likeness (QED) is 0.663. The summed E-state index contributed by atoms with van der Waals surface area (Å²) in [5.41, 5.74) is -0.955. The maximum atomic E-state index is 11.5. The second kappa shape index (κ2) is 5.80. The van der Waals surface area contributed by atoms with E-state index in [4.69, 9.17) is 15.3 Å². The highest BCUT2D eigenvalue weighted by molar-refractivity contribution is 5.87. The van der Waals surface area contributed by atoms with Crippen molar-refractivity contribution in [3.05, 3.63) is 34.2 Å². The van der Waals surface area contributed by atoms with Gasteiger partial charge in [0.1, 0.15) is 6.04 Å². The van der Waals surface area contributed by atoms with Gasteiger partial charge in [-0.25, -0.2) is 9.59 Å². The molecular weight excluding hydrogens is 258 g/mol. The van der Waals surface area contributed by atoms with E-state index in [1.54, 1.807) is 0 Å². The van der Waals surface area contributed by atoms with Gasteiger partial charge in [0.2, 0.25) is 0 Å². The molecule has 0 saturated heterocycles. The third-order valence-electron chi connectivity index (χ3n) is 2.44. The largest absolute Gasteiger partial charge is 0.481 e. The highest BCUT2D eigenvalue weighted by atomic mass is 16.4. The summed E-state index contributed by atoms with van der Waals surface area (Å²) in [4.78, 5) is 43.8. The molecule has 0 saturated carbocycles. The number of carbonyl (C=O) groups is 3. The fraction of sp³-hybridized carbons (Fsp3) is 0.273. The average Bonchev–Trinajstić information content (AvgIpc) is 2.30. The van der Waals surface area contributed by atoms with Crippen molar-refractivity contribution in [1.29, 1.82) is 0 Å². The minimum Gasteiger partial charge on any atom is -0.481 e. The Kier molecular flexibility index (Phi) is 4.41. The predicted octanol–water partition coefficient (Wildman–Crippen LogP) is 0.0370. The van der Waals surface area contributed by atoms with Gasteiger partial charge in [-0.1, -0.05) is 0 Å². The molecule has 1 aromatic rings. The first-order valence-electron chi connectivity index (χ1n) is 5.23. The summed E-state index contributed by atoms with van der Waals surface area (Å²) in [6.45, 7) is 0. The molecule has 0 aliphatic rings. The monoisotopic (exact) mass is 269 g/mol. The van der Waals surface area contributed by atoms with Crippen LogP contribution in [-0.4, -0.2) is 37.8 Å². The van der Waals surface area contributed by atoms with Crippen LogP contribution in [0.4, 0.5) is 0 Å². The number of nitrogens with zero attached hydrogens (tertiary/aromatic N) is 1. The van der Waals surface area contributed by atoms with E-state index in [0.717, 1.165) is 18.3 Å². The zero-order valence-corrected chi connectivity index (χ0v) is 9.65. The first kappa shape index (κ1) is 14.4. The lowest BCUT2D eigenvalue weighted by Gasteiger charge is -2.14. The van der Waals surface area contributed by atoms with Crippen LogP contribution >= 0.6 is 0 Å². The van der Waals surface area contributed by atoms with Crippen molar-refractivity contribution in [3.63, 3.8) is 0 Å². The molecular formula is C11H11NO7. The fourth-order valence-corrected chi connectivity index (χ4v) is 1.52. The smallest absolute Gasteiger partial charge is 0.337 e. The number of carboxylic acid groups (broad SMARTS) is 3. The first-order valence-corrected chi connectivity index (χ1v) is 5.23. The molecule has 1 atom stereocenters. The van der Waals surface area contributed by atoms with Crippen LogP contribution in [0.1, 0.15) is 29.2 Å². The SMILES string of the molecule is O=C(O)CC[C@@H](C(=O)O)n1cc(C(=O)O)ccc1=O. The number of aliphatic carboxylic acids is 2. The molecule has 1 aromatic heterocycles. The van der Waals surface area contributed by atoms with Crippen LogP contribution in [-0.2, 0) is 9.59 Å². The zero-order valence-electron chi connectivity index (χ0n) is 9.65. The van der Waals surface area contributed by atoms with Gasteiger partial charge in [0.25, 0.3) is 5.56 Å². The Morgan fingerprint density at radius 2 is 1.79 bits per heavy atom. The standard InChI is InChI=1S/C11H11NO7/c13-8-3-1-6(10(16)17)5-12(8)7(11(18)19)2-4-9(14)15/h1,3,5,7H,2,4H2,(H,14,15)(H,16,17)(H,18,19)/t7-/m0/s1. The summed E-state index contributed by atoms with van der Waals surface area (Å²) >= 11 is 0. The summed E-state index contributed by atoms with van der Waals surface area (Å²) in [6.07, 6.45) is 0.139. The van der Waals surface area contributed by atoms with E-state index in [2.05, 4.69) is 0 Å². The van der Waals surface area contributed by atoms with E-state index in [1.807, 2.05) is 0 Å². The van der Waals surface area contributed by atoms with Gasteiger partial charge in [-0.15, -0.1) is 0 Å². The second-order valence-corrected chi connectivity index (χ2v) is 3.75. The average molecular weight is 269 g/mol. The van der Waals surface area contributed by atoms with E-state index in [9.17, 15) is 19.2 Å². The topological polar surface area (TPSA) is 134 Å². The molecule has 0 radical (unpaired) electrons. The molecule has 102 valence electrons. The molecule has 0 fully saturated rings. The van der Waals surface area contributed by atoms with Crippen LogP contribution in [0.5, 0.6) is 0 Å². The molecule has 1 heterocycles. The van der Waals surface area contributed by atoms with Gasteiger partial charge >= 0.3 is 17.9 Å². The zero-order chi connectivity index (χ0) is 14.6. The van der Waals surface area contributed by atoms with Crippen LogP contribution in [0.3, 0.4) is 0 Å². The van der Waals surface area contributed by atoms with Crippen molar-refractivity contribution in [2.45, 2.75) is 18.9 Å². The van der Waals surface area contributed by atoms with E-state index in [-0.39, 0.29) is 12.0 Å². The summed E-state index contributed by atoms with van der Waals surface area (Å²) < 4.78 is 0.717. The van der Waals surface area contributed by atoms with Crippen molar-refractivity contribution in [3.8, 4) is 0 Å². The van der Waals surface area contributed by atoms with E-state index in [0.29, 0.717) is 4.57 Å². The second-order valence-electron chi connectivity index (χ2n) is 3.75. The van der Waals surface area contributed by atoms with Crippen molar-refractivity contribution in [2.75, 3.05) is 0 Å². The number of aromatic carboxylic acids is 1. The normalized spacial score (nSPS) is 11.8. The molecule has 0 aliphatic carbocycles. The molecule has 0 aliphatic heterocycles. The van der Waals surface area contributed by atoms with Crippen molar-refractivity contribution >= 4 is 17.9 Å². The molecule has 0 unspecified atom stereocenters. The van der Waals surface area contributed by atoms with Crippen molar-refractivity contribution in [1.82, 2.24) is 4.57 Å². The molecule has 0 aromatic carbocycles. The Morgan fingerprint density at radius 1 is 1.16 bits per heavy atom. The number of hydrogen-bond donors (Lipinski definition) is 3. The van der Waals surface area contributed by atoms with Gasteiger partial charge in [-0.3, -0.25) is 9.59 Å². The van der Waals surface area contributed by atoms with Gasteiger partial charge in [-0.2, -0.15) is 0 Å². The summed E-state index contributed by atoms with van der Waals surface area (Å²) in [5.74, 6) is -3.91. The first-order chi connectivity index (χ1) is 8.82. The number of pyridine rings is 1. The summed E-state index contributed by atoms with van der Waals surface area (Å²) in [5, 5.41) is 26.3. The van der Waals surface area contributed by atoms with Gasteiger partial charge in [0.05, 0.1) is 5.56 Å². The van der Waals surface area contributed by atoms with Crippen molar-refractivity contribution in [2.24, 2.45) is 0 Å². The molecule has 19 heavy (non-hydrogen) atoms. The Bertz CT molecular complexity index is 575. The highest BCUT2D eigenvalue weighted by Crippen LogP contribution is 2.13. The van der Waals surface area contributed by atoms with Gasteiger partial charge < -0.3 is 19.9 Å². The molecule has 0 bridgehead atoms. The third kappa shape index (κ3) is 3.66. The lowest BCUT2D eigenvalue weighted by atomic mass is 10.1. The Balaban J connectivity index is 3.18. The lowest BCUT2D eigenvalue weighted by Crippen LogP contribution is -2.30. The maximum Gasteiger partial charge on any atom is 0.337 e. The predicted molar refractivity (Wildman–Crippen MR) is 61.2 cm³/mol. The van der Waals surface area contributed by atoms with E-state index >= 15 is 0 Å². The van der Waals surface area contributed by atoms with Gasteiger partial charge in [-0.05, 0) is 12.5 Å². The fourth-order valence-electron chi connectivity index (χ4n) is 1.52. The minimum atomic E-state index is -1.41. The summed E-state index contributed by atoms with van der Waals surface area (Å²) in [7, 11) is 0. The number of carboxylic acids is 3.